The highest BCUT2D eigenvalue weighted by atomic mass is 16.1. The molecule has 1 aromatic rings. The minimum absolute atomic E-state index is 0.0121. The molecule has 3 heteroatoms. The summed E-state index contributed by atoms with van der Waals surface area (Å²) < 4.78 is 0. The van der Waals surface area contributed by atoms with Crippen molar-refractivity contribution < 1.29 is 4.79 Å². The summed E-state index contributed by atoms with van der Waals surface area (Å²) in [5.74, 6) is -0.115. The zero-order chi connectivity index (χ0) is 11.3. The number of hydrogen-bond donors (Lipinski definition) is 2. The molecule has 82 valence electrons. The van der Waals surface area contributed by atoms with Gasteiger partial charge in [0.1, 0.15) is 0 Å². The average Bonchev–Trinajstić information content (AvgIpc) is 2.27. The lowest BCUT2D eigenvalue weighted by Gasteiger charge is -2.12. The predicted octanol–water partition coefficient (Wildman–Crippen LogP) is 0.858. The number of carbonyl (C=O) groups excluding carboxylic acids is 1. The summed E-state index contributed by atoms with van der Waals surface area (Å²) in [5.41, 5.74) is 7.94. The van der Waals surface area contributed by atoms with Crippen LogP contribution in [-0.4, -0.2) is 19.5 Å². The Morgan fingerprint density at radius 3 is 2.47 bits per heavy atom. The fourth-order valence-electron chi connectivity index (χ4n) is 1.50. The van der Waals surface area contributed by atoms with Crippen LogP contribution in [0.25, 0.3) is 0 Å². The van der Waals surface area contributed by atoms with Gasteiger partial charge in [-0.2, -0.15) is 0 Å². The third-order valence-corrected chi connectivity index (χ3v) is 2.50. The van der Waals surface area contributed by atoms with Crippen LogP contribution in [0, 0.1) is 12.8 Å². The number of hydrogen-bond acceptors (Lipinski definition) is 2. The quantitative estimate of drug-likeness (QED) is 0.767. The van der Waals surface area contributed by atoms with Gasteiger partial charge in [-0.25, -0.2) is 0 Å². The van der Waals surface area contributed by atoms with Crippen molar-refractivity contribution in [1.29, 1.82) is 0 Å². The van der Waals surface area contributed by atoms with Crippen molar-refractivity contribution in [2.24, 2.45) is 11.7 Å². The zero-order valence-corrected chi connectivity index (χ0v) is 9.29. The van der Waals surface area contributed by atoms with Gasteiger partial charge >= 0.3 is 0 Å². The molecule has 15 heavy (non-hydrogen) atoms. The van der Waals surface area contributed by atoms with Crippen molar-refractivity contribution in [2.45, 2.75) is 13.3 Å². The van der Waals surface area contributed by atoms with E-state index in [1.807, 2.05) is 31.2 Å². The number of rotatable bonds is 4. The minimum atomic E-state index is -0.127. The lowest BCUT2D eigenvalue weighted by atomic mass is 9.98. The summed E-state index contributed by atoms with van der Waals surface area (Å²) in [6, 6.07) is 8.18. The molecule has 0 aliphatic heterocycles. The molecule has 0 aromatic heterocycles. The summed E-state index contributed by atoms with van der Waals surface area (Å²) in [6.45, 7) is 2.43. The van der Waals surface area contributed by atoms with Crippen LogP contribution in [0.1, 0.15) is 11.1 Å². The van der Waals surface area contributed by atoms with E-state index in [0.29, 0.717) is 13.0 Å². The van der Waals surface area contributed by atoms with Crippen LogP contribution in [0.15, 0.2) is 24.3 Å². The van der Waals surface area contributed by atoms with E-state index in [1.54, 1.807) is 7.05 Å². The maximum atomic E-state index is 11.4. The first-order chi connectivity index (χ1) is 7.17. The molecular formula is C12H18N2O. The molecule has 1 amide bonds. The molecular weight excluding hydrogens is 188 g/mol. The first kappa shape index (κ1) is 11.7. The highest BCUT2D eigenvalue weighted by Crippen LogP contribution is 2.09. The van der Waals surface area contributed by atoms with E-state index in [-0.39, 0.29) is 11.8 Å². The van der Waals surface area contributed by atoms with E-state index in [0.717, 1.165) is 5.56 Å². The van der Waals surface area contributed by atoms with Crippen LogP contribution in [0.4, 0.5) is 0 Å². The Morgan fingerprint density at radius 1 is 1.40 bits per heavy atom. The topological polar surface area (TPSA) is 55.1 Å². The van der Waals surface area contributed by atoms with Gasteiger partial charge in [-0.15, -0.1) is 0 Å². The lowest BCUT2D eigenvalue weighted by molar-refractivity contribution is -0.124. The third kappa shape index (κ3) is 3.36. The molecule has 0 aliphatic carbocycles. The molecule has 1 atom stereocenters. The molecule has 0 fully saturated rings. The highest BCUT2D eigenvalue weighted by Gasteiger charge is 2.15. The third-order valence-electron chi connectivity index (χ3n) is 2.50. The van der Waals surface area contributed by atoms with Crippen molar-refractivity contribution in [1.82, 2.24) is 5.32 Å². The van der Waals surface area contributed by atoms with E-state index in [2.05, 4.69) is 5.32 Å². The van der Waals surface area contributed by atoms with E-state index in [9.17, 15) is 4.79 Å². The molecule has 3 nitrogen and oxygen atoms in total. The highest BCUT2D eigenvalue weighted by molar-refractivity contribution is 5.78. The summed E-state index contributed by atoms with van der Waals surface area (Å²) in [4.78, 5) is 11.4. The van der Waals surface area contributed by atoms with Gasteiger partial charge in [-0.05, 0) is 18.9 Å². The number of aryl methyl sites for hydroxylation is 1. The van der Waals surface area contributed by atoms with Crippen molar-refractivity contribution in [3.05, 3.63) is 35.4 Å². The Bertz CT molecular complexity index is 319. The van der Waals surface area contributed by atoms with Gasteiger partial charge in [-0.3, -0.25) is 4.79 Å². The van der Waals surface area contributed by atoms with Gasteiger partial charge < -0.3 is 11.1 Å². The first-order valence-corrected chi connectivity index (χ1v) is 5.14. The Morgan fingerprint density at radius 2 is 2.00 bits per heavy atom. The average molecular weight is 206 g/mol. The Kier molecular flexibility index (Phi) is 4.31. The van der Waals surface area contributed by atoms with Crippen molar-refractivity contribution in [3.63, 3.8) is 0 Å². The molecule has 0 radical (unpaired) electrons. The van der Waals surface area contributed by atoms with Crippen LogP contribution in [0.2, 0.25) is 0 Å². The summed E-state index contributed by atoms with van der Waals surface area (Å²) in [7, 11) is 1.64. The second kappa shape index (κ2) is 5.51. The largest absolute Gasteiger partial charge is 0.359 e. The summed E-state index contributed by atoms with van der Waals surface area (Å²) in [6.07, 6.45) is 0.705. The van der Waals surface area contributed by atoms with Gasteiger partial charge in [0.2, 0.25) is 5.91 Å². The van der Waals surface area contributed by atoms with Gasteiger partial charge in [0.25, 0.3) is 0 Å². The molecule has 0 bridgehead atoms. The van der Waals surface area contributed by atoms with Gasteiger partial charge in [0, 0.05) is 13.6 Å². The van der Waals surface area contributed by atoms with E-state index in [1.165, 1.54) is 5.56 Å². The van der Waals surface area contributed by atoms with Crippen LogP contribution in [-0.2, 0) is 11.2 Å². The minimum Gasteiger partial charge on any atom is -0.359 e. The number of carbonyl (C=O) groups is 1. The number of nitrogens with one attached hydrogen (secondary N) is 1. The van der Waals surface area contributed by atoms with Crippen molar-refractivity contribution >= 4 is 5.91 Å². The van der Waals surface area contributed by atoms with Crippen molar-refractivity contribution in [2.75, 3.05) is 13.6 Å². The Labute approximate surface area is 90.7 Å². The SMILES string of the molecule is CNC(=O)C(CN)Cc1ccc(C)cc1. The molecule has 0 saturated heterocycles. The van der Waals surface area contributed by atoms with Crippen LogP contribution < -0.4 is 11.1 Å². The van der Waals surface area contributed by atoms with E-state index < -0.39 is 0 Å². The maximum Gasteiger partial charge on any atom is 0.224 e. The predicted molar refractivity (Wildman–Crippen MR) is 61.5 cm³/mol. The number of amides is 1. The van der Waals surface area contributed by atoms with Crippen molar-refractivity contribution in [3.8, 4) is 0 Å². The monoisotopic (exact) mass is 206 g/mol. The lowest BCUT2D eigenvalue weighted by Crippen LogP contribution is -2.34. The second-order valence-electron chi connectivity index (χ2n) is 3.74. The number of nitrogens with two attached hydrogens (primary N) is 1. The fraction of sp³-hybridized carbons (Fsp3) is 0.417. The standard InChI is InChI=1S/C12H18N2O/c1-9-3-5-10(6-4-9)7-11(8-13)12(15)14-2/h3-6,11H,7-8,13H2,1-2H3,(H,14,15). The van der Waals surface area contributed by atoms with Gasteiger partial charge in [0.05, 0.1) is 5.92 Å². The normalized spacial score (nSPS) is 12.2. The van der Waals surface area contributed by atoms with Crippen LogP contribution >= 0.6 is 0 Å². The summed E-state index contributed by atoms with van der Waals surface area (Å²) >= 11 is 0. The second-order valence-corrected chi connectivity index (χ2v) is 3.74. The zero-order valence-electron chi connectivity index (χ0n) is 9.29. The van der Waals surface area contributed by atoms with Crippen LogP contribution in [0.5, 0.6) is 0 Å². The molecule has 0 aliphatic rings. The molecule has 0 heterocycles. The van der Waals surface area contributed by atoms with Gasteiger partial charge in [-0.1, -0.05) is 29.8 Å². The molecule has 0 spiro atoms. The summed E-state index contributed by atoms with van der Waals surface area (Å²) in [5, 5.41) is 2.63. The van der Waals surface area contributed by atoms with E-state index >= 15 is 0 Å². The molecule has 3 N–H and O–H groups in total. The Hall–Kier alpha value is -1.35. The number of benzene rings is 1. The fourth-order valence-corrected chi connectivity index (χ4v) is 1.50. The molecule has 1 aromatic carbocycles. The Balaban J connectivity index is 2.66. The molecule has 0 saturated carbocycles. The maximum absolute atomic E-state index is 11.4. The molecule has 1 rings (SSSR count). The molecule has 1 unspecified atom stereocenters. The van der Waals surface area contributed by atoms with Crippen LogP contribution in [0.3, 0.4) is 0 Å². The first-order valence-electron chi connectivity index (χ1n) is 5.14. The smallest absolute Gasteiger partial charge is 0.224 e. The van der Waals surface area contributed by atoms with Gasteiger partial charge in [0.15, 0.2) is 0 Å². The van der Waals surface area contributed by atoms with E-state index in [4.69, 9.17) is 5.73 Å².